The Balaban J connectivity index is 1.98. The molecule has 0 saturated carbocycles. The van der Waals surface area contributed by atoms with E-state index in [2.05, 4.69) is 5.32 Å². The fraction of sp³-hybridized carbons (Fsp3) is 0.500. The molecular formula is C16H21ClN2O4. The number of amides is 2. The number of carbonyl (C=O) groups excluding carboxylic acids is 2. The van der Waals surface area contributed by atoms with Crippen LogP contribution in [0.15, 0.2) is 18.2 Å². The summed E-state index contributed by atoms with van der Waals surface area (Å²) in [5.41, 5.74) is 0.477. The standard InChI is InChI=1S/C16H21ClN2O4/c1-11(20)19(9-13-4-3-7-23-13)10-16(21)18-14-8-12(17)5-6-15(14)22-2/h5-6,8,13H,3-4,7,9-10H2,1-2H3,(H,18,21). The number of anilines is 1. The van der Waals surface area contributed by atoms with Gasteiger partial charge in [0.05, 0.1) is 25.4 Å². The van der Waals surface area contributed by atoms with Gasteiger partial charge in [0.25, 0.3) is 0 Å². The molecule has 1 heterocycles. The van der Waals surface area contributed by atoms with Gasteiger partial charge in [0, 0.05) is 25.1 Å². The zero-order chi connectivity index (χ0) is 16.8. The second kappa shape index (κ2) is 8.17. The Kier molecular flexibility index (Phi) is 6.24. The average molecular weight is 341 g/mol. The molecular weight excluding hydrogens is 320 g/mol. The smallest absolute Gasteiger partial charge is 0.244 e. The molecule has 1 aromatic carbocycles. The van der Waals surface area contributed by atoms with E-state index < -0.39 is 0 Å². The molecule has 2 amide bonds. The van der Waals surface area contributed by atoms with Gasteiger partial charge < -0.3 is 19.7 Å². The van der Waals surface area contributed by atoms with Crippen LogP contribution in [0, 0.1) is 0 Å². The van der Waals surface area contributed by atoms with E-state index in [1.54, 1.807) is 18.2 Å². The summed E-state index contributed by atoms with van der Waals surface area (Å²) in [5, 5.41) is 3.22. The van der Waals surface area contributed by atoms with Crippen molar-refractivity contribution in [2.24, 2.45) is 0 Å². The molecule has 0 aromatic heterocycles. The molecule has 1 aliphatic rings. The third-order valence-corrected chi connectivity index (χ3v) is 3.90. The van der Waals surface area contributed by atoms with Crippen LogP contribution in [0.25, 0.3) is 0 Å². The maximum Gasteiger partial charge on any atom is 0.244 e. The molecule has 7 heteroatoms. The van der Waals surface area contributed by atoms with Gasteiger partial charge in [0.15, 0.2) is 0 Å². The van der Waals surface area contributed by atoms with E-state index in [0.717, 1.165) is 12.8 Å². The van der Waals surface area contributed by atoms with Crippen molar-refractivity contribution in [1.82, 2.24) is 4.90 Å². The third-order valence-electron chi connectivity index (χ3n) is 3.66. The summed E-state index contributed by atoms with van der Waals surface area (Å²) in [6.07, 6.45) is 1.91. The second-order valence-electron chi connectivity index (χ2n) is 5.43. The van der Waals surface area contributed by atoms with E-state index in [9.17, 15) is 9.59 Å². The van der Waals surface area contributed by atoms with Crippen molar-refractivity contribution >= 4 is 29.1 Å². The van der Waals surface area contributed by atoms with Gasteiger partial charge in [-0.3, -0.25) is 9.59 Å². The Bertz CT molecular complexity index is 573. The molecule has 2 rings (SSSR count). The van der Waals surface area contributed by atoms with Crippen molar-refractivity contribution in [3.8, 4) is 5.75 Å². The van der Waals surface area contributed by atoms with E-state index in [-0.39, 0.29) is 24.5 Å². The van der Waals surface area contributed by atoms with E-state index >= 15 is 0 Å². The van der Waals surface area contributed by atoms with Crippen molar-refractivity contribution in [2.45, 2.75) is 25.9 Å². The first-order valence-electron chi connectivity index (χ1n) is 7.50. The highest BCUT2D eigenvalue weighted by atomic mass is 35.5. The highest BCUT2D eigenvalue weighted by Gasteiger charge is 2.22. The van der Waals surface area contributed by atoms with E-state index in [1.165, 1.54) is 18.9 Å². The number of nitrogens with one attached hydrogen (secondary N) is 1. The van der Waals surface area contributed by atoms with Crippen LogP contribution in [-0.4, -0.2) is 49.6 Å². The van der Waals surface area contributed by atoms with Crippen molar-refractivity contribution in [2.75, 3.05) is 32.1 Å². The molecule has 126 valence electrons. The van der Waals surface area contributed by atoms with E-state index in [1.807, 2.05) is 0 Å². The number of nitrogens with zero attached hydrogens (tertiary/aromatic N) is 1. The van der Waals surface area contributed by atoms with Crippen LogP contribution in [-0.2, 0) is 14.3 Å². The summed E-state index contributed by atoms with van der Waals surface area (Å²) in [6.45, 7) is 2.55. The molecule has 0 spiro atoms. The van der Waals surface area contributed by atoms with Crippen LogP contribution in [0.1, 0.15) is 19.8 Å². The number of ether oxygens (including phenoxy) is 2. The zero-order valence-electron chi connectivity index (χ0n) is 13.3. The second-order valence-corrected chi connectivity index (χ2v) is 5.86. The fourth-order valence-corrected chi connectivity index (χ4v) is 2.65. The normalized spacial score (nSPS) is 16.9. The Labute approximate surface area is 140 Å². The van der Waals surface area contributed by atoms with Crippen molar-refractivity contribution in [3.05, 3.63) is 23.2 Å². The van der Waals surface area contributed by atoms with Gasteiger partial charge in [0.1, 0.15) is 5.75 Å². The molecule has 0 aliphatic carbocycles. The summed E-state index contributed by atoms with van der Waals surface area (Å²) in [6, 6.07) is 4.96. The quantitative estimate of drug-likeness (QED) is 0.863. The summed E-state index contributed by atoms with van der Waals surface area (Å²) in [5.74, 6) is 0.0451. The average Bonchev–Trinajstić information content (AvgIpc) is 2.99. The van der Waals surface area contributed by atoms with Crippen LogP contribution in [0.2, 0.25) is 5.02 Å². The number of hydrogen-bond acceptors (Lipinski definition) is 4. The van der Waals surface area contributed by atoms with Crippen LogP contribution in [0.4, 0.5) is 5.69 Å². The summed E-state index contributed by atoms with van der Waals surface area (Å²) in [4.78, 5) is 25.5. The van der Waals surface area contributed by atoms with Gasteiger partial charge in [-0.1, -0.05) is 11.6 Å². The van der Waals surface area contributed by atoms with Crippen molar-refractivity contribution < 1.29 is 19.1 Å². The maximum absolute atomic E-state index is 12.2. The zero-order valence-corrected chi connectivity index (χ0v) is 14.1. The molecule has 0 bridgehead atoms. The van der Waals surface area contributed by atoms with Gasteiger partial charge in [0.2, 0.25) is 11.8 Å². The van der Waals surface area contributed by atoms with Crippen molar-refractivity contribution in [3.63, 3.8) is 0 Å². The predicted molar refractivity (Wildman–Crippen MR) is 87.9 cm³/mol. The van der Waals surface area contributed by atoms with Crippen LogP contribution in [0.5, 0.6) is 5.75 Å². The molecule has 1 fully saturated rings. The number of benzene rings is 1. The van der Waals surface area contributed by atoms with Gasteiger partial charge in [-0.25, -0.2) is 0 Å². The molecule has 1 aromatic rings. The minimum absolute atomic E-state index is 0.00686. The predicted octanol–water partition coefficient (Wildman–Crippen LogP) is 2.31. The monoisotopic (exact) mass is 340 g/mol. The molecule has 1 aliphatic heterocycles. The topological polar surface area (TPSA) is 67.9 Å². The van der Waals surface area contributed by atoms with Crippen LogP contribution in [0.3, 0.4) is 0 Å². The Hall–Kier alpha value is -1.79. The summed E-state index contributed by atoms with van der Waals surface area (Å²) < 4.78 is 10.7. The van der Waals surface area contributed by atoms with Gasteiger partial charge in [-0.2, -0.15) is 0 Å². The van der Waals surface area contributed by atoms with E-state index in [4.69, 9.17) is 21.1 Å². The van der Waals surface area contributed by atoms with E-state index in [0.29, 0.717) is 29.6 Å². The number of halogens is 1. The molecule has 6 nitrogen and oxygen atoms in total. The SMILES string of the molecule is COc1ccc(Cl)cc1NC(=O)CN(CC1CCCO1)C(C)=O. The maximum atomic E-state index is 12.2. The molecule has 23 heavy (non-hydrogen) atoms. The van der Waals surface area contributed by atoms with Crippen molar-refractivity contribution in [1.29, 1.82) is 0 Å². The first-order chi connectivity index (χ1) is 11.0. The number of carbonyl (C=O) groups is 2. The van der Waals surface area contributed by atoms with Crippen LogP contribution < -0.4 is 10.1 Å². The lowest BCUT2D eigenvalue weighted by atomic mass is 10.2. The highest BCUT2D eigenvalue weighted by molar-refractivity contribution is 6.31. The Morgan fingerprint density at radius 2 is 2.26 bits per heavy atom. The molecule has 1 N–H and O–H groups in total. The Morgan fingerprint density at radius 1 is 1.48 bits per heavy atom. The molecule has 1 saturated heterocycles. The lowest BCUT2D eigenvalue weighted by Gasteiger charge is -2.23. The molecule has 1 unspecified atom stereocenters. The lowest BCUT2D eigenvalue weighted by molar-refractivity contribution is -0.134. The van der Waals surface area contributed by atoms with Gasteiger partial charge >= 0.3 is 0 Å². The number of methoxy groups -OCH3 is 1. The van der Waals surface area contributed by atoms with Gasteiger partial charge in [-0.15, -0.1) is 0 Å². The number of hydrogen-bond donors (Lipinski definition) is 1. The first-order valence-corrected chi connectivity index (χ1v) is 7.88. The summed E-state index contributed by atoms with van der Waals surface area (Å²) >= 11 is 5.94. The molecule has 0 radical (unpaired) electrons. The van der Waals surface area contributed by atoms with Crippen LogP contribution >= 0.6 is 11.6 Å². The first kappa shape index (κ1) is 17.6. The molecule has 1 atom stereocenters. The Morgan fingerprint density at radius 3 is 2.87 bits per heavy atom. The fourth-order valence-electron chi connectivity index (χ4n) is 2.48. The number of rotatable bonds is 6. The summed E-state index contributed by atoms with van der Waals surface area (Å²) in [7, 11) is 1.51. The minimum atomic E-state index is -0.307. The largest absolute Gasteiger partial charge is 0.495 e. The minimum Gasteiger partial charge on any atom is -0.495 e. The lowest BCUT2D eigenvalue weighted by Crippen LogP contribution is -2.41. The third kappa shape index (κ3) is 5.11. The van der Waals surface area contributed by atoms with Gasteiger partial charge in [-0.05, 0) is 31.0 Å². The highest BCUT2D eigenvalue weighted by Crippen LogP contribution is 2.27.